The van der Waals surface area contributed by atoms with E-state index in [9.17, 15) is 9.59 Å². The lowest BCUT2D eigenvalue weighted by Gasteiger charge is -2.27. The van der Waals surface area contributed by atoms with Gasteiger partial charge in [0, 0.05) is 19.5 Å². The van der Waals surface area contributed by atoms with E-state index in [2.05, 4.69) is 22.6 Å². The minimum absolute atomic E-state index is 0.00595. The highest BCUT2D eigenvalue weighted by Gasteiger charge is 2.16. The maximum atomic E-state index is 11.3. The van der Waals surface area contributed by atoms with Crippen molar-refractivity contribution >= 4 is 11.8 Å². The Kier molecular flexibility index (Phi) is 8.35. The molecule has 0 aromatic rings. The third-order valence-corrected chi connectivity index (χ3v) is 2.71. The van der Waals surface area contributed by atoms with Crippen LogP contribution in [0.1, 0.15) is 33.1 Å². The smallest absolute Gasteiger partial charge is 0.233 e. The summed E-state index contributed by atoms with van der Waals surface area (Å²) in [7, 11) is 1.62. The van der Waals surface area contributed by atoms with Gasteiger partial charge in [0.25, 0.3) is 0 Å². The van der Waals surface area contributed by atoms with Crippen LogP contribution < -0.4 is 16.6 Å². The zero-order chi connectivity index (χ0) is 13.3. The van der Waals surface area contributed by atoms with Crippen molar-refractivity contribution in [3.63, 3.8) is 0 Å². The molecule has 4 N–H and O–H groups in total. The molecule has 17 heavy (non-hydrogen) atoms. The zero-order valence-electron chi connectivity index (χ0n) is 11.0. The first-order valence-electron chi connectivity index (χ1n) is 5.99. The number of nitrogens with two attached hydrogens (primary N) is 1. The predicted octanol–water partition coefficient (Wildman–Crippen LogP) is -0.397. The number of hydrogen-bond acceptors (Lipinski definition) is 4. The van der Waals surface area contributed by atoms with Crippen molar-refractivity contribution in [2.24, 2.45) is 5.84 Å². The number of carbonyl (C=O) groups excluding carboxylic acids is 2. The molecule has 0 aliphatic rings. The molecule has 0 aromatic carbocycles. The molecule has 0 aromatic heterocycles. The first kappa shape index (κ1) is 15.9. The fourth-order valence-electron chi connectivity index (χ4n) is 1.60. The van der Waals surface area contributed by atoms with Gasteiger partial charge in [-0.1, -0.05) is 6.92 Å². The monoisotopic (exact) mass is 244 g/mol. The van der Waals surface area contributed by atoms with Gasteiger partial charge in [0.2, 0.25) is 11.8 Å². The lowest BCUT2D eigenvalue weighted by molar-refractivity contribution is -0.122. The Morgan fingerprint density at radius 2 is 2.00 bits per heavy atom. The zero-order valence-corrected chi connectivity index (χ0v) is 11.0. The van der Waals surface area contributed by atoms with E-state index in [-0.39, 0.29) is 17.9 Å². The molecule has 0 rings (SSSR count). The number of carbonyl (C=O) groups is 2. The highest BCUT2D eigenvalue weighted by molar-refractivity contribution is 5.77. The van der Waals surface area contributed by atoms with E-state index in [1.807, 2.05) is 6.92 Å². The van der Waals surface area contributed by atoms with Crippen molar-refractivity contribution in [2.45, 2.75) is 39.2 Å². The molecule has 0 aliphatic heterocycles. The molecule has 0 fully saturated rings. The maximum absolute atomic E-state index is 11.3. The molecule has 1 unspecified atom stereocenters. The Morgan fingerprint density at radius 3 is 2.47 bits per heavy atom. The van der Waals surface area contributed by atoms with Crippen molar-refractivity contribution in [1.82, 2.24) is 15.6 Å². The third-order valence-electron chi connectivity index (χ3n) is 2.71. The van der Waals surface area contributed by atoms with Gasteiger partial charge < -0.3 is 5.32 Å². The van der Waals surface area contributed by atoms with E-state index in [1.54, 1.807) is 7.05 Å². The first-order valence-corrected chi connectivity index (χ1v) is 5.99. The normalized spacial score (nSPS) is 12.3. The summed E-state index contributed by atoms with van der Waals surface area (Å²) in [6.45, 7) is 5.30. The van der Waals surface area contributed by atoms with Crippen LogP contribution in [0.15, 0.2) is 0 Å². The van der Waals surface area contributed by atoms with Gasteiger partial charge in [-0.05, 0) is 26.3 Å². The van der Waals surface area contributed by atoms with Gasteiger partial charge in [-0.15, -0.1) is 0 Å². The van der Waals surface area contributed by atoms with E-state index >= 15 is 0 Å². The molecule has 0 heterocycles. The molecule has 0 saturated carbocycles. The maximum Gasteiger partial charge on any atom is 0.233 e. The number of nitrogens with one attached hydrogen (secondary N) is 2. The average molecular weight is 244 g/mol. The van der Waals surface area contributed by atoms with E-state index in [0.717, 1.165) is 13.0 Å². The minimum atomic E-state index is -0.173. The molecule has 0 spiro atoms. The molecule has 6 nitrogen and oxygen atoms in total. The van der Waals surface area contributed by atoms with Gasteiger partial charge >= 0.3 is 0 Å². The molecule has 0 radical (unpaired) electrons. The van der Waals surface area contributed by atoms with Crippen LogP contribution in [0.2, 0.25) is 0 Å². The summed E-state index contributed by atoms with van der Waals surface area (Å²) in [6, 6.07) is 0.185. The lowest BCUT2D eigenvalue weighted by atomic mass is 10.1. The molecule has 1 atom stereocenters. The van der Waals surface area contributed by atoms with Gasteiger partial charge in [-0.2, -0.15) is 0 Å². The van der Waals surface area contributed by atoms with Crippen LogP contribution in [-0.2, 0) is 9.59 Å². The second kappa shape index (κ2) is 8.95. The molecular weight excluding hydrogens is 220 g/mol. The van der Waals surface area contributed by atoms with Crippen LogP contribution in [-0.4, -0.2) is 42.9 Å². The number of nitrogens with zero attached hydrogens (tertiary/aromatic N) is 1. The molecular formula is C11H24N4O2. The fraction of sp³-hybridized carbons (Fsp3) is 0.818. The van der Waals surface area contributed by atoms with E-state index in [1.165, 1.54) is 0 Å². The largest absolute Gasteiger partial charge is 0.358 e. The summed E-state index contributed by atoms with van der Waals surface area (Å²) in [6.07, 6.45) is 2.05. The van der Waals surface area contributed by atoms with Crippen LogP contribution in [0.5, 0.6) is 0 Å². The SMILES string of the molecule is CCCN(CC(=O)NC)C(C)CCC(=O)NN. The Balaban J connectivity index is 4.18. The van der Waals surface area contributed by atoms with Gasteiger partial charge in [0.05, 0.1) is 6.54 Å². The van der Waals surface area contributed by atoms with Crippen LogP contribution in [0, 0.1) is 0 Å². The Labute approximate surface area is 103 Å². The van der Waals surface area contributed by atoms with Crippen molar-refractivity contribution in [3.8, 4) is 0 Å². The third kappa shape index (κ3) is 6.91. The van der Waals surface area contributed by atoms with Crippen molar-refractivity contribution in [2.75, 3.05) is 20.1 Å². The summed E-state index contributed by atoms with van der Waals surface area (Å²) in [5, 5.41) is 2.60. The van der Waals surface area contributed by atoms with Gasteiger partial charge in [0.15, 0.2) is 0 Å². The lowest BCUT2D eigenvalue weighted by Crippen LogP contribution is -2.42. The summed E-state index contributed by atoms with van der Waals surface area (Å²) in [5.41, 5.74) is 2.11. The van der Waals surface area contributed by atoms with Crippen molar-refractivity contribution in [3.05, 3.63) is 0 Å². The molecule has 100 valence electrons. The van der Waals surface area contributed by atoms with Gasteiger partial charge in [-0.25, -0.2) is 5.84 Å². The predicted molar refractivity (Wildman–Crippen MR) is 67.0 cm³/mol. The number of rotatable bonds is 8. The molecule has 2 amide bonds. The number of amides is 2. The molecule has 6 heteroatoms. The van der Waals surface area contributed by atoms with E-state index in [4.69, 9.17) is 5.84 Å². The van der Waals surface area contributed by atoms with Crippen LogP contribution >= 0.6 is 0 Å². The number of hydrazine groups is 1. The summed E-state index contributed by atoms with van der Waals surface area (Å²) in [4.78, 5) is 24.5. The van der Waals surface area contributed by atoms with Crippen molar-refractivity contribution in [1.29, 1.82) is 0 Å². The van der Waals surface area contributed by atoms with Crippen LogP contribution in [0.4, 0.5) is 0 Å². The quantitative estimate of drug-likeness (QED) is 0.308. The molecule has 0 aliphatic carbocycles. The Bertz CT molecular complexity index is 246. The summed E-state index contributed by atoms with van der Waals surface area (Å²) < 4.78 is 0. The second-order valence-electron chi connectivity index (χ2n) is 4.10. The second-order valence-corrected chi connectivity index (χ2v) is 4.10. The van der Waals surface area contributed by atoms with Crippen LogP contribution in [0.3, 0.4) is 0 Å². The highest BCUT2D eigenvalue weighted by Crippen LogP contribution is 2.07. The van der Waals surface area contributed by atoms with E-state index in [0.29, 0.717) is 19.4 Å². The molecule has 0 saturated heterocycles. The van der Waals surface area contributed by atoms with E-state index < -0.39 is 0 Å². The van der Waals surface area contributed by atoms with Crippen LogP contribution in [0.25, 0.3) is 0 Å². The summed E-state index contributed by atoms with van der Waals surface area (Å²) in [5.74, 6) is 4.84. The van der Waals surface area contributed by atoms with Gasteiger partial charge in [0.1, 0.15) is 0 Å². The first-order chi connectivity index (χ1) is 8.04. The Hall–Kier alpha value is -1.14. The molecule has 0 bridgehead atoms. The number of hydrogen-bond donors (Lipinski definition) is 3. The topological polar surface area (TPSA) is 87.5 Å². The Morgan fingerprint density at radius 1 is 1.35 bits per heavy atom. The van der Waals surface area contributed by atoms with Crippen molar-refractivity contribution < 1.29 is 9.59 Å². The van der Waals surface area contributed by atoms with Gasteiger partial charge in [-0.3, -0.25) is 19.9 Å². The number of likely N-dealkylation sites (N-methyl/N-ethyl adjacent to an activating group) is 1. The highest BCUT2D eigenvalue weighted by atomic mass is 16.2. The minimum Gasteiger partial charge on any atom is -0.358 e. The standard InChI is InChI=1S/C11H24N4O2/c1-4-7-15(8-11(17)13-3)9(2)5-6-10(16)14-12/h9H,4-8,12H2,1-3H3,(H,13,17)(H,14,16). The summed E-state index contributed by atoms with van der Waals surface area (Å²) >= 11 is 0. The average Bonchev–Trinajstić information content (AvgIpc) is 2.34. The fourth-order valence-corrected chi connectivity index (χ4v) is 1.60.